The van der Waals surface area contributed by atoms with Crippen LogP contribution in [0, 0.1) is 38.6 Å². The van der Waals surface area contributed by atoms with Crippen LogP contribution in [0.4, 0.5) is 0 Å². The second kappa shape index (κ2) is 13.4. The molecule has 1 aromatic heterocycles. The van der Waals surface area contributed by atoms with E-state index in [2.05, 4.69) is 48.3 Å². The fourth-order valence-corrected chi connectivity index (χ4v) is 2.94. The molecule has 0 aliphatic rings. The Balaban J connectivity index is 0.00000210. The number of hydrogen-bond donors (Lipinski definition) is 0. The van der Waals surface area contributed by atoms with Crippen LogP contribution in [0.3, 0.4) is 0 Å². The molecule has 1 heterocycles. The van der Waals surface area contributed by atoms with E-state index >= 15 is 0 Å². The van der Waals surface area contributed by atoms with Gasteiger partial charge >= 0.3 is 32.7 Å². The van der Waals surface area contributed by atoms with Crippen molar-refractivity contribution in [3.8, 4) is 33.5 Å². The van der Waals surface area contributed by atoms with Gasteiger partial charge in [0.2, 0.25) is 0 Å². The minimum atomic E-state index is 0. The van der Waals surface area contributed by atoms with Crippen LogP contribution in [0.15, 0.2) is 67.1 Å². The maximum absolute atomic E-state index is 4.15. The van der Waals surface area contributed by atoms with E-state index in [0.29, 0.717) is 0 Å². The van der Waals surface area contributed by atoms with Crippen LogP contribution in [-0.2, 0) is 72.5 Å². The average Bonchev–Trinajstić information content (AvgIpc) is 2.70. The van der Waals surface area contributed by atoms with Gasteiger partial charge in [0, 0.05) is 41.1 Å². The fourth-order valence-electron chi connectivity index (χ4n) is 2.94. The van der Waals surface area contributed by atoms with Gasteiger partial charge in [0.25, 0.3) is 6.33 Å². The summed E-state index contributed by atoms with van der Waals surface area (Å²) >= 11 is 0. The second-order valence-electron chi connectivity index (χ2n) is 6.19. The summed E-state index contributed by atoms with van der Waals surface area (Å²) in [6.07, 6.45) is 3.61. The van der Waals surface area contributed by atoms with Gasteiger partial charge in [-0.05, 0) is 6.07 Å². The zero-order chi connectivity index (χ0) is 17.9. The number of nitrogens with zero attached hydrogens (tertiary/aromatic N) is 2. The number of benzene rings is 3. The first-order chi connectivity index (χ1) is 12.7. The molecule has 0 saturated heterocycles. The minimum absolute atomic E-state index is 0. The third-order valence-corrected chi connectivity index (χ3v) is 4.38. The van der Waals surface area contributed by atoms with Crippen LogP contribution in [0.1, 0.15) is 5.56 Å². The van der Waals surface area contributed by atoms with Crippen molar-refractivity contribution in [2.45, 2.75) is 6.92 Å². The fraction of sp³-hybridized carbons (Fsp3) is 0.0800. The van der Waals surface area contributed by atoms with Gasteiger partial charge in [0.1, 0.15) is 6.20 Å². The Kier molecular flexibility index (Phi) is 13.0. The molecule has 0 aliphatic heterocycles. The molecule has 0 fully saturated rings. The third kappa shape index (κ3) is 6.50. The van der Waals surface area contributed by atoms with E-state index < -0.39 is 0 Å². The van der Waals surface area contributed by atoms with Gasteiger partial charge in [-0.2, -0.15) is 36.4 Å². The third-order valence-electron chi connectivity index (χ3n) is 4.38. The second-order valence-corrected chi connectivity index (χ2v) is 6.19. The molecule has 0 aliphatic carbocycles. The zero-order valence-electron chi connectivity index (χ0n) is 17.5. The molecular weight excluding hydrogens is 517 g/mol. The van der Waals surface area contributed by atoms with Gasteiger partial charge in [0.05, 0.1) is 12.7 Å². The Morgan fingerprint density at radius 1 is 0.867 bits per heavy atom. The predicted octanol–water partition coefficient (Wildman–Crippen LogP) is 4.48. The maximum atomic E-state index is 4.15. The standard InChI is InChI=1S/C24H17N2.CH3.B.2Y/c1-18-8-9-22(16-23(18)24-14-15-25-17-26(24)2)21-12-10-20(11-13-21)19-6-4-3-5-7-19;;;;/h3-6,8-10,13-15,17H,1-2H3;1H3;;;/q-3;-1;;;+3. The first kappa shape index (κ1) is 29.0. The summed E-state index contributed by atoms with van der Waals surface area (Å²) in [5.74, 6) is 0. The van der Waals surface area contributed by atoms with Crippen molar-refractivity contribution in [3.63, 3.8) is 0 Å². The van der Waals surface area contributed by atoms with Gasteiger partial charge in [-0.25, -0.2) is 46.5 Å². The topological polar surface area (TPSA) is 16.8 Å². The average molecular weight is 537 g/mol. The Morgan fingerprint density at radius 3 is 2.17 bits per heavy atom. The van der Waals surface area contributed by atoms with Crippen LogP contribution < -0.4 is 4.57 Å². The summed E-state index contributed by atoms with van der Waals surface area (Å²) in [4.78, 5) is 4.15. The zero-order valence-corrected chi connectivity index (χ0v) is 23.2. The molecule has 0 N–H and O–H groups in total. The molecule has 4 rings (SSSR count). The molecule has 4 radical (unpaired) electrons. The van der Waals surface area contributed by atoms with Crippen LogP contribution in [-0.4, -0.2) is 13.4 Å². The smallest absolute Gasteiger partial charge is 0.358 e. The predicted molar refractivity (Wildman–Crippen MR) is 114 cm³/mol. The molecule has 30 heavy (non-hydrogen) atoms. The normalized spacial score (nSPS) is 9.27. The van der Waals surface area contributed by atoms with Crippen LogP contribution >= 0.6 is 0 Å². The Morgan fingerprint density at radius 2 is 1.57 bits per heavy atom. The molecule has 0 amide bonds. The molecule has 5 heteroatoms. The first-order valence-corrected chi connectivity index (χ1v) is 8.46. The summed E-state index contributed by atoms with van der Waals surface area (Å²) in [6, 6.07) is 31.5. The van der Waals surface area contributed by atoms with Crippen LogP contribution in [0.2, 0.25) is 0 Å². The van der Waals surface area contributed by atoms with E-state index in [9.17, 15) is 0 Å². The van der Waals surface area contributed by atoms with Crippen molar-refractivity contribution < 1.29 is 70.0 Å². The molecule has 4 aromatic rings. The summed E-state index contributed by atoms with van der Waals surface area (Å²) in [5.41, 5.74) is 7.31. The van der Waals surface area contributed by atoms with E-state index in [0.717, 1.165) is 33.5 Å². The summed E-state index contributed by atoms with van der Waals surface area (Å²) < 4.78 is 2.01. The van der Waals surface area contributed by atoms with Gasteiger partial charge in [-0.15, -0.1) is 17.7 Å². The molecule has 3 aromatic carbocycles. The van der Waals surface area contributed by atoms with Crippen molar-refractivity contribution >= 4 is 8.41 Å². The van der Waals surface area contributed by atoms with Gasteiger partial charge < -0.3 is 7.43 Å². The molecular formula is C25H20BN2Y2-. The molecule has 2 nitrogen and oxygen atoms in total. The number of hydrogen-bond acceptors (Lipinski definition) is 1. The van der Waals surface area contributed by atoms with Crippen LogP contribution in [0.5, 0.6) is 0 Å². The Bertz CT molecular complexity index is 1050. The Hall–Kier alpha value is -0.987. The van der Waals surface area contributed by atoms with Crippen molar-refractivity contribution in [3.05, 3.63) is 104 Å². The van der Waals surface area contributed by atoms with E-state index in [4.69, 9.17) is 0 Å². The van der Waals surface area contributed by atoms with E-state index in [1.165, 1.54) is 5.56 Å². The van der Waals surface area contributed by atoms with Crippen molar-refractivity contribution in [2.75, 3.05) is 0 Å². The first-order valence-electron chi connectivity index (χ1n) is 8.46. The number of rotatable bonds is 3. The van der Waals surface area contributed by atoms with E-state index in [1.807, 2.05) is 54.1 Å². The summed E-state index contributed by atoms with van der Waals surface area (Å²) in [6.45, 7) is 2.10. The summed E-state index contributed by atoms with van der Waals surface area (Å²) in [7, 11) is 1.99. The molecule has 0 atom stereocenters. The van der Waals surface area contributed by atoms with E-state index in [1.54, 1.807) is 12.5 Å². The van der Waals surface area contributed by atoms with Gasteiger partial charge in [0.15, 0.2) is 0 Å². The molecule has 0 unspecified atom stereocenters. The minimum Gasteiger partial charge on any atom is -0.358 e. The number of aromatic nitrogens is 2. The monoisotopic (exact) mass is 537 g/mol. The Labute approximate surface area is 232 Å². The largest absolute Gasteiger partial charge is 3.00 e. The SMILES string of the molecule is Cc1ccc(-c2[c-]cc(-c3[c-]cccc3)[c-]c2)[c-]c1-c1ccnc[n+]1C.[B].[CH3-].[Y+3].[Y]. The molecule has 0 saturated carbocycles. The van der Waals surface area contributed by atoms with E-state index in [-0.39, 0.29) is 81.3 Å². The molecule has 140 valence electrons. The van der Waals surface area contributed by atoms with Crippen molar-refractivity contribution in [1.29, 1.82) is 0 Å². The van der Waals surface area contributed by atoms with Crippen molar-refractivity contribution in [1.82, 2.24) is 4.98 Å². The number of aryl methyl sites for hydroxylation is 2. The molecule has 0 spiro atoms. The van der Waals surface area contributed by atoms with Gasteiger partial charge in [-0.1, -0.05) is 17.5 Å². The van der Waals surface area contributed by atoms with Crippen molar-refractivity contribution in [2.24, 2.45) is 7.05 Å². The van der Waals surface area contributed by atoms with Crippen LogP contribution in [0.25, 0.3) is 33.5 Å². The quantitative estimate of drug-likeness (QED) is 0.214. The molecule has 0 bridgehead atoms. The summed E-state index contributed by atoms with van der Waals surface area (Å²) in [5, 5.41) is 0. The maximum Gasteiger partial charge on any atom is 3.00 e. The van der Waals surface area contributed by atoms with Gasteiger partial charge in [-0.3, -0.25) is 4.57 Å².